The Hall–Kier alpha value is -2.50. The van der Waals surface area contributed by atoms with Gasteiger partial charge in [-0.05, 0) is 25.3 Å². The van der Waals surface area contributed by atoms with E-state index in [-0.39, 0.29) is 11.5 Å². The van der Waals surface area contributed by atoms with Crippen molar-refractivity contribution < 1.29 is 0 Å². The van der Waals surface area contributed by atoms with Crippen LogP contribution in [0.1, 0.15) is 23.2 Å². The normalized spacial score (nSPS) is 15.5. The van der Waals surface area contributed by atoms with Crippen LogP contribution in [-0.2, 0) is 6.42 Å². The molecule has 0 saturated carbocycles. The SMILES string of the molecule is Cc1nnc(NN=C2CCc3ccccc32)[nH]c1=O. The topological polar surface area (TPSA) is 83.0 Å². The summed E-state index contributed by atoms with van der Waals surface area (Å²) in [7, 11) is 0. The van der Waals surface area contributed by atoms with Gasteiger partial charge in [-0.1, -0.05) is 24.3 Å². The van der Waals surface area contributed by atoms with Crippen LogP contribution < -0.4 is 11.0 Å². The van der Waals surface area contributed by atoms with Gasteiger partial charge in [0.25, 0.3) is 5.56 Å². The van der Waals surface area contributed by atoms with Crippen molar-refractivity contribution >= 4 is 11.7 Å². The van der Waals surface area contributed by atoms with Crippen LogP contribution in [0.15, 0.2) is 34.2 Å². The van der Waals surface area contributed by atoms with Crippen LogP contribution in [0.25, 0.3) is 0 Å². The molecule has 1 heterocycles. The molecular formula is C13H13N5O. The molecule has 2 aromatic rings. The van der Waals surface area contributed by atoms with Gasteiger partial charge in [0.05, 0.1) is 5.71 Å². The minimum absolute atomic E-state index is 0.257. The Balaban J connectivity index is 1.84. The Morgan fingerprint density at radius 1 is 1.26 bits per heavy atom. The predicted molar refractivity (Wildman–Crippen MR) is 72.3 cm³/mol. The molecule has 0 fully saturated rings. The number of hydrazone groups is 1. The van der Waals surface area contributed by atoms with Crippen molar-refractivity contribution in [3.8, 4) is 0 Å². The van der Waals surface area contributed by atoms with Gasteiger partial charge in [0.2, 0.25) is 5.95 Å². The highest BCUT2D eigenvalue weighted by Crippen LogP contribution is 2.21. The van der Waals surface area contributed by atoms with Gasteiger partial charge in [0, 0.05) is 5.56 Å². The van der Waals surface area contributed by atoms with E-state index in [2.05, 4.69) is 31.8 Å². The summed E-state index contributed by atoms with van der Waals surface area (Å²) < 4.78 is 0. The molecule has 6 nitrogen and oxygen atoms in total. The van der Waals surface area contributed by atoms with Gasteiger partial charge in [-0.15, -0.1) is 10.2 Å². The molecule has 3 rings (SSSR count). The Morgan fingerprint density at radius 2 is 2.11 bits per heavy atom. The summed E-state index contributed by atoms with van der Waals surface area (Å²) in [6, 6.07) is 8.17. The molecule has 2 N–H and O–H groups in total. The zero-order valence-corrected chi connectivity index (χ0v) is 10.5. The monoisotopic (exact) mass is 255 g/mol. The molecular weight excluding hydrogens is 242 g/mol. The standard InChI is InChI=1S/C13H13N5O/c1-8-12(19)14-13(17-15-8)18-16-11-7-6-9-4-2-3-5-10(9)11/h2-5H,6-7H2,1H3,(H2,14,17,18,19). The van der Waals surface area contributed by atoms with Crippen molar-refractivity contribution in [2.75, 3.05) is 5.43 Å². The molecule has 0 spiro atoms. The fourth-order valence-electron chi connectivity index (χ4n) is 2.09. The van der Waals surface area contributed by atoms with E-state index in [4.69, 9.17) is 0 Å². The summed E-state index contributed by atoms with van der Waals surface area (Å²) in [6.45, 7) is 1.61. The van der Waals surface area contributed by atoms with Crippen LogP contribution in [0.5, 0.6) is 0 Å². The van der Waals surface area contributed by atoms with Crippen molar-refractivity contribution in [1.82, 2.24) is 15.2 Å². The van der Waals surface area contributed by atoms with E-state index >= 15 is 0 Å². The molecule has 0 bridgehead atoms. The molecule has 1 aliphatic rings. The molecule has 1 aromatic carbocycles. The number of nitrogens with one attached hydrogen (secondary N) is 2. The third kappa shape index (κ3) is 2.24. The molecule has 0 atom stereocenters. The molecule has 1 aliphatic carbocycles. The summed E-state index contributed by atoms with van der Waals surface area (Å²) >= 11 is 0. The quantitative estimate of drug-likeness (QED) is 0.791. The van der Waals surface area contributed by atoms with Crippen LogP contribution in [0.4, 0.5) is 5.95 Å². The molecule has 0 radical (unpaired) electrons. The number of rotatable bonds is 2. The zero-order chi connectivity index (χ0) is 13.2. The molecule has 6 heteroatoms. The van der Waals surface area contributed by atoms with E-state index in [0.29, 0.717) is 5.69 Å². The second-order valence-corrected chi connectivity index (χ2v) is 4.42. The molecule has 19 heavy (non-hydrogen) atoms. The number of aromatic nitrogens is 3. The average molecular weight is 255 g/mol. The van der Waals surface area contributed by atoms with Crippen LogP contribution in [0, 0.1) is 6.92 Å². The lowest BCUT2D eigenvalue weighted by molar-refractivity contribution is 0.896. The highest BCUT2D eigenvalue weighted by atomic mass is 16.1. The molecule has 96 valence electrons. The number of fused-ring (bicyclic) bond motifs is 1. The highest BCUT2D eigenvalue weighted by Gasteiger charge is 2.16. The summed E-state index contributed by atoms with van der Waals surface area (Å²) in [5, 5.41) is 11.9. The van der Waals surface area contributed by atoms with Crippen LogP contribution in [0.2, 0.25) is 0 Å². The van der Waals surface area contributed by atoms with E-state index < -0.39 is 0 Å². The van der Waals surface area contributed by atoms with E-state index in [9.17, 15) is 4.79 Å². The summed E-state index contributed by atoms with van der Waals surface area (Å²) in [5.41, 5.74) is 6.25. The van der Waals surface area contributed by atoms with Gasteiger partial charge in [-0.25, -0.2) is 5.43 Å². The van der Waals surface area contributed by atoms with Gasteiger partial charge in [-0.2, -0.15) is 5.10 Å². The van der Waals surface area contributed by atoms with Gasteiger partial charge < -0.3 is 0 Å². The molecule has 0 aliphatic heterocycles. The maximum atomic E-state index is 11.4. The summed E-state index contributed by atoms with van der Waals surface area (Å²) in [4.78, 5) is 14.0. The van der Waals surface area contributed by atoms with Gasteiger partial charge in [0.1, 0.15) is 5.69 Å². The van der Waals surface area contributed by atoms with Gasteiger partial charge in [0.15, 0.2) is 0 Å². The highest BCUT2D eigenvalue weighted by molar-refractivity contribution is 6.04. The first kappa shape index (κ1) is 11.6. The third-order valence-electron chi connectivity index (χ3n) is 3.12. The molecule has 0 saturated heterocycles. The van der Waals surface area contributed by atoms with E-state index in [1.807, 2.05) is 18.2 Å². The van der Waals surface area contributed by atoms with Crippen molar-refractivity contribution in [3.63, 3.8) is 0 Å². The van der Waals surface area contributed by atoms with E-state index in [1.165, 1.54) is 5.56 Å². The zero-order valence-electron chi connectivity index (χ0n) is 10.5. The van der Waals surface area contributed by atoms with Gasteiger partial charge >= 0.3 is 0 Å². The van der Waals surface area contributed by atoms with Crippen molar-refractivity contribution in [3.05, 3.63) is 51.4 Å². The second kappa shape index (κ2) is 4.64. The maximum Gasteiger partial charge on any atom is 0.274 e. The Labute approximate surface area is 109 Å². The summed E-state index contributed by atoms with van der Waals surface area (Å²) in [5.74, 6) is 0.257. The number of aryl methyl sites for hydroxylation is 2. The fraction of sp³-hybridized carbons (Fsp3) is 0.231. The average Bonchev–Trinajstić information content (AvgIpc) is 2.83. The third-order valence-corrected chi connectivity index (χ3v) is 3.12. The number of benzene rings is 1. The molecule has 0 amide bonds. The van der Waals surface area contributed by atoms with Gasteiger partial charge in [-0.3, -0.25) is 9.78 Å². The lowest BCUT2D eigenvalue weighted by Gasteiger charge is -2.01. The van der Waals surface area contributed by atoms with Crippen molar-refractivity contribution in [2.45, 2.75) is 19.8 Å². The number of H-pyrrole nitrogens is 1. The number of aromatic amines is 1. The lowest BCUT2D eigenvalue weighted by atomic mass is 10.1. The first-order valence-electron chi connectivity index (χ1n) is 6.08. The van der Waals surface area contributed by atoms with E-state index in [0.717, 1.165) is 24.1 Å². The minimum Gasteiger partial charge on any atom is -0.288 e. The Bertz CT molecular complexity index is 704. The molecule has 0 unspecified atom stereocenters. The van der Waals surface area contributed by atoms with Crippen LogP contribution in [-0.4, -0.2) is 20.9 Å². The van der Waals surface area contributed by atoms with Crippen molar-refractivity contribution in [2.24, 2.45) is 5.10 Å². The number of nitrogens with zero attached hydrogens (tertiary/aromatic N) is 3. The van der Waals surface area contributed by atoms with E-state index in [1.54, 1.807) is 6.92 Å². The smallest absolute Gasteiger partial charge is 0.274 e. The van der Waals surface area contributed by atoms with Crippen LogP contribution >= 0.6 is 0 Å². The minimum atomic E-state index is -0.260. The second-order valence-electron chi connectivity index (χ2n) is 4.42. The number of hydrogen-bond acceptors (Lipinski definition) is 5. The Kier molecular flexibility index (Phi) is 2.83. The lowest BCUT2D eigenvalue weighted by Crippen LogP contribution is -2.16. The largest absolute Gasteiger partial charge is 0.288 e. The van der Waals surface area contributed by atoms with Crippen molar-refractivity contribution in [1.29, 1.82) is 0 Å². The molecule has 1 aromatic heterocycles. The van der Waals surface area contributed by atoms with Crippen LogP contribution in [0.3, 0.4) is 0 Å². The fourth-order valence-corrected chi connectivity index (χ4v) is 2.09. The number of hydrogen-bond donors (Lipinski definition) is 2. The predicted octanol–water partition coefficient (Wildman–Crippen LogP) is 1.24. The first-order valence-corrected chi connectivity index (χ1v) is 6.08. The Morgan fingerprint density at radius 3 is 2.95 bits per heavy atom. The maximum absolute atomic E-state index is 11.4. The number of anilines is 1. The first-order chi connectivity index (χ1) is 9.24. The summed E-state index contributed by atoms with van der Waals surface area (Å²) in [6.07, 6.45) is 1.88.